The molecule has 1 aromatic carbocycles. The molecule has 0 radical (unpaired) electrons. The number of rotatable bonds is 10. The van der Waals surface area contributed by atoms with E-state index in [1.165, 1.54) is 12.8 Å². The van der Waals surface area contributed by atoms with Crippen LogP contribution in [0.5, 0.6) is 0 Å². The first-order chi connectivity index (χ1) is 13.0. The van der Waals surface area contributed by atoms with Crippen LogP contribution in [-0.4, -0.2) is 21.0 Å². The number of aromatic nitrogens is 2. The van der Waals surface area contributed by atoms with Crippen LogP contribution < -0.4 is 0 Å². The van der Waals surface area contributed by atoms with Crippen LogP contribution >= 0.6 is 0 Å². The lowest BCUT2D eigenvalue weighted by atomic mass is 9.89. The van der Waals surface area contributed by atoms with Gasteiger partial charge in [0, 0.05) is 11.8 Å². The number of nitriles is 1. The van der Waals surface area contributed by atoms with Crippen molar-refractivity contribution < 1.29 is 9.90 Å². The van der Waals surface area contributed by atoms with E-state index < -0.39 is 11.9 Å². The number of carbonyl (C=O) groups is 1. The zero-order chi connectivity index (χ0) is 19.6. The van der Waals surface area contributed by atoms with Crippen molar-refractivity contribution in [2.75, 3.05) is 0 Å². The van der Waals surface area contributed by atoms with Crippen molar-refractivity contribution in [3.63, 3.8) is 0 Å². The van der Waals surface area contributed by atoms with Gasteiger partial charge in [-0.2, -0.15) is 5.26 Å². The number of nitrogens with zero attached hydrogens (tertiary/aromatic N) is 3. The zero-order valence-electron chi connectivity index (χ0n) is 16.1. The third kappa shape index (κ3) is 6.18. The monoisotopic (exact) mass is 365 g/mol. The van der Waals surface area contributed by atoms with Crippen molar-refractivity contribution in [1.82, 2.24) is 9.97 Å². The largest absolute Gasteiger partial charge is 0.480 e. The van der Waals surface area contributed by atoms with Crippen molar-refractivity contribution >= 4 is 5.97 Å². The predicted molar refractivity (Wildman–Crippen MR) is 105 cm³/mol. The molecule has 0 aliphatic carbocycles. The Morgan fingerprint density at radius 3 is 2.44 bits per heavy atom. The third-order valence-corrected chi connectivity index (χ3v) is 4.85. The number of unbranched alkanes of at least 4 members (excludes halogenated alkanes) is 2. The second-order valence-corrected chi connectivity index (χ2v) is 7.01. The Kier molecular flexibility index (Phi) is 7.94. The van der Waals surface area contributed by atoms with Crippen LogP contribution in [0.1, 0.15) is 50.8 Å². The fourth-order valence-corrected chi connectivity index (χ4v) is 3.02. The van der Waals surface area contributed by atoms with E-state index in [0.29, 0.717) is 6.42 Å². The van der Waals surface area contributed by atoms with E-state index >= 15 is 0 Å². The molecule has 2 aromatic rings. The fraction of sp³-hybridized carbons (Fsp3) is 0.455. The highest BCUT2D eigenvalue weighted by Crippen LogP contribution is 2.21. The minimum Gasteiger partial charge on any atom is -0.480 e. The number of benzene rings is 1. The summed E-state index contributed by atoms with van der Waals surface area (Å²) >= 11 is 0. The molecule has 1 N–H and O–H groups in total. The van der Waals surface area contributed by atoms with Gasteiger partial charge in [0.15, 0.2) is 0 Å². The Morgan fingerprint density at radius 1 is 1.15 bits per heavy atom. The predicted octanol–water partition coefficient (Wildman–Crippen LogP) is 4.67. The number of carboxylic acids is 1. The third-order valence-electron chi connectivity index (χ3n) is 4.85. The molecule has 0 aliphatic heterocycles. The van der Waals surface area contributed by atoms with Gasteiger partial charge in [-0.25, -0.2) is 0 Å². The molecular weight excluding hydrogens is 338 g/mol. The molecule has 0 bridgehead atoms. The second-order valence-electron chi connectivity index (χ2n) is 7.01. The molecular formula is C22H27N3O2. The Labute approximate surface area is 161 Å². The van der Waals surface area contributed by atoms with E-state index in [9.17, 15) is 4.79 Å². The van der Waals surface area contributed by atoms with E-state index in [1.807, 2.05) is 49.7 Å². The van der Waals surface area contributed by atoms with Gasteiger partial charge in [0.2, 0.25) is 0 Å². The first-order valence-electron chi connectivity index (χ1n) is 9.57. The van der Waals surface area contributed by atoms with Gasteiger partial charge < -0.3 is 5.11 Å². The van der Waals surface area contributed by atoms with Crippen molar-refractivity contribution in [2.24, 2.45) is 11.8 Å². The van der Waals surface area contributed by atoms with Crippen molar-refractivity contribution in [1.29, 1.82) is 5.26 Å². The molecule has 0 spiro atoms. The van der Waals surface area contributed by atoms with Gasteiger partial charge in [0.25, 0.3) is 0 Å². The number of hydrogen-bond acceptors (Lipinski definition) is 4. The molecule has 0 fully saturated rings. The van der Waals surface area contributed by atoms with Crippen LogP contribution in [0, 0.1) is 23.2 Å². The Hall–Kier alpha value is -2.74. The molecule has 2 atom stereocenters. The molecule has 0 aliphatic rings. The molecule has 1 aromatic heterocycles. The average Bonchev–Trinajstić information content (AvgIpc) is 2.68. The molecule has 27 heavy (non-hydrogen) atoms. The van der Waals surface area contributed by atoms with Gasteiger partial charge in [-0.15, -0.1) is 0 Å². The Balaban J connectivity index is 1.93. The molecule has 0 amide bonds. The molecule has 2 unspecified atom stereocenters. The first kappa shape index (κ1) is 20.6. The summed E-state index contributed by atoms with van der Waals surface area (Å²) in [5.41, 5.74) is 4.02. The molecule has 1 heterocycles. The average molecular weight is 365 g/mol. The lowest BCUT2D eigenvalue weighted by molar-refractivity contribution is -0.141. The summed E-state index contributed by atoms with van der Waals surface area (Å²) in [6.45, 7) is 4.00. The first-order valence-corrected chi connectivity index (χ1v) is 9.57. The van der Waals surface area contributed by atoms with Gasteiger partial charge in [-0.05, 0) is 37.2 Å². The highest BCUT2D eigenvalue weighted by Gasteiger charge is 2.23. The van der Waals surface area contributed by atoms with Crippen LogP contribution in [0.2, 0.25) is 0 Å². The van der Waals surface area contributed by atoms with Crippen LogP contribution in [0.3, 0.4) is 0 Å². The van der Waals surface area contributed by atoms with Gasteiger partial charge in [-0.1, -0.05) is 51.0 Å². The number of aryl methyl sites for hydroxylation is 2. The van der Waals surface area contributed by atoms with Gasteiger partial charge in [0.1, 0.15) is 5.92 Å². The lowest BCUT2D eigenvalue weighted by Crippen LogP contribution is -2.20. The summed E-state index contributed by atoms with van der Waals surface area (Å²) in [7, 11) is 0. The number of hydrogen-bond donors (Lipinski definition) is 1. The summed E-state index contributed by atoms with van der Waals surface area (Å²) in [5, 5.41) is 18.0. The standard InChI is InChI=1S/C22H27N3O2/c1-3-4-5-6-19-14-25-21(15-24-19)18-11-9-17(10-12-18)8-7-16(2)20(13-23)22(26)27/h9-12,14-16,20H,3-8H2,1-2H3,(H,26,27). The number of carboxylic acid groups (broad SMARTS) is 1. The maximum absolute atomic E-state index is 11.0. The molecule has 5 heteroatoms. The molecule has 142 valence electrons. The molecule has 0 saturated carbocycles. The van der Waals surface area contributed by atoms with Crippen molar-refractivity contribution in [3.05, 3.63) is 47.9 Å². The molecule has 2 rings (SSSR count). The summed E-state index contributed by atoms with van der Waals surface area (Å²) in [6, 6.07) is 9.96. The van der Waals surface area contributed by atoms with E-state index in [1.54, 1.807) is 0 Å². The Morgan fingerprint density at radius 2 is 1.89 bits per heavy atom. The summed E-state index contributed by atoms with van der Waals surface area (Å²) in [5.74, 6) is -2.18. The quantitative estimate of drug-likeness (QED) is 0.618. The van der Waals surface area contributed by atoms with E-state index in [-0.39, 0.29) is 5.92 Å². The normalized spacial score (nSPS) is 12.9. The van der Waals surface area contributed by atoms with Crippen LogP contribution in [-0.2, 0) is 17.6 Å². The van der Waals surface area contributed by atoms with Crippen LogP contribution in [0.4, 0.5) is 0 Å². The SMILES string of the molecule is CCCCCc1cnc(-c2ccc(CCC(C)C(C#N)C(=O)O)cc2)cn1. The van der Waals surface area contributed by atoms with Gasteiger partial charge in [0.05, 0.1) is 23.7 Å². The highest BCUT2D eigenvalue weighted by atomic mass is 16.4. The Bertz CT molecular complexity index is 764. The summed E-state index contributed by atoms with van der Waals surface area (Å²) < 4.78 is 0. The highest BCUT2D eigenvalue weighted by molar-refractivity contribution is 5.73. The van der Waals surface area contributed by atoms with Crippen molar-refractivity contribution in [2.45, 2.75) is 52.4 Å². The topological polar surface area (TPSA) is 86.9 Å². The summed E-state index contributed by atoms with van der Waals surface area (Å²) in [4.78, 5) is 20.1. The minimum absolute atomic E-state index is 0.182. The van der Waals surface area contributed by atoms with Gasteiger partial charge >= 0.3 is 5.97 Å². The zero-order valence-corrected chi connectivity index (χ0v) is 16.1. The minimum atomic E-state index is -1.04. The maximum atomic E-state index is 11.0. The van der Waals surface area contributed by atoms with E-state index in [0.717, 1.165) is 41.8 Å². The van der Waals surface area contributed by atoms with Crippen LogP contribution in [0.15, 0.2) is 36.7 Å². The maximum Gasteiger partial charge on any atom is 0.321 e. The fourth-order valence-electron chi connectivity index (χ4n) is 3.02. The van der Waals surface area contributed by atoms with Gasteiger partial charge in [-0.3, -0.25) is 14.8 Å². The lowest BCUT2D eigenvalue weighted by Gasteiger charge is -2.13. The smallest absolute Gasteiger partial charge is 0.321 e. The second kappa shape index (κ2) is 10.4. The van der Waals surface area contributed by atoms with Crippen molar-refractivity contribution in [3.8, 4) is 17.3 Å². The van der Waals surface area contributed by atoms with E-state index in [2.05, 4.69) is 16.9 Å². The molecule has 0 saturated heterocycles. The molecule has 5 nitrogen and oxygen atoms in total. The summed E-state index contributed by atoms with van der Waals surface area (Å²) in [6.07, 6.45) is 9.61. The number of aliphatic carboxylic acids is 1. The van der Waals surface area contributed by atoms with E-state index in [4.69, 9.17) is 10.4 Å². The van der Waals surface area contributed by atoms with Crippen LogP contribution in [0.25, 0.3) is 11.3 Å².